The molecule has 2 aromatic rings. The van der Waals surface area contributed by atoms with Crippen molar-refractivity contribution in [2.45, 2.75) is 12.3 Å². The fourth-order valence-electron chi connectivity index (χ4n) is 2.52. The Balaban J connectivity index is 2.01. The number of rotatable bonds is 2. The number of fused-ring (bicyclic) bond motifs is 1. The van der Waals surface area contributed by atoms with Crippen LogP contribution in [0.15, 0.2) is 48.5 Å². The molecule has 0 spiro atoms. The monoisotopic (exact) mass is 239 g/mol. The molecule has 0 aromatic heterocycles. The minimum Gasteiger partial charge on any atom is -0.493 e. The zero-order valence-corrected chi connectivity index (χ0v) is 10.3. The first-order valence-electron chi connectivity index (χ1n) is 6.40. The lowest BCUT2D eigenvalue weighted by Gasteiger charge is -2.25. The summed E-state index contributed by atoms with van der Waals surface area (Å²) in [4.78, 5) is 0. The highest BCUT2D eigenvalue weighted by Crippen LogP contribution is 2.36. The summed E-state index contributed by atoms with van der Waals surface area (Å²) in [5, 5.41) is 0. The van der Waals surface area contributed by atoms with Crippen LogP contribution in [0.5, 0.6) is 5.75 Å². The third-order valence-corrected chi connectivity index (χ3v) is 3.57. The van der Waals surface area contributed by atoms with Crippen molar-refractivity contribution in [3.8, 4) is 16.9 Å². The van der Waals surface area contributed by atoms with Gasteiger partial charge < -0.3 is 10.5 Å². The van der Waals surface area contributed by atoms with E-state index in [0.717, 1.165) is 18.8 Å². The first-order chi connectivity index (χ1) is 8.88. The van der Waals surface area contributed by atoms with Crippen LogP contribution < -0.4 is 10.5 Å². The number of benzene rings is 2. The summed E-state index contributed by atoms with van der Waals surface area (Å²) in [6, 6.07) is 16.8. The van der Waals surface area contributed by atoms with Crippen molar-refractivity contribution >= 4 is 0 Å². The van der Waals surface area contributed by atoms with Crippen molar-refractivity contribution in [3.63, 3.8) is 0 Å². The maximum absolute atomic E-state index is 5.81. The molecule has 2 N–H and O–H groups in total. The molecule has 0 bridgehead atoms. The molecule has 1 atom stereocenters. The smallest absolute Gasteiger partial charge is 0.123 e. The zero-order valence-electron chi connectivity index (χ0n) is 10.3. The van der Waals surface area contributed by atoms with Gasteiger partial charge in [0.25, 0.3) is 0 Å². The fourth-order valence-corrected chi connectivity index (χ4v) is 2.52. The molecule has 0 aliphatic carbocycles. The van der Waals surface area contributed by atoms with Crippen molar-refractivity contribution in [2.24, 2.45) is 5.73 Å². The van der Waals surface area contributed by atoms with Gasteiger partial charge in [0.1, 0.15) is 5.75 Å². The van der Waals surface area contributed by atoms with Gasteiger partial charge in [-0.15, -0.1) is 0 Å². The molecule has 2 nitrogen and oxygen atoms in total. The van der Waals surface area contributed by atoms with E-state index >= 15 is 0 Å². The van der Waals surface area contributed by atoms with Gasteiger partial charge in [0.05, 0.1) is 6.61 Å². The third kappa shape index (κ3) is 2.00. The van der Waals surface area contributed by atoms with Crippen LogP contribution >= 0.6 is 0 Å². The van der Waals surface area contributed by atoms with E-state index in [0.29, 0.717) is 12.5 Å². The van der Waals surface area contributed by atoms with E-state index in [4.69, 9.17) is 10.5 Å². The van der Waals surface area contributed by atoms with Crippen LogP contribution in [0, 0.1) is 0 Å². The van der Waals surface area contributed by atoms with E-state index in [1.165, 1.54) is 16.7 Å². The average Bonchev–Trinajstić information content (AvgIpc) is 2.47. The van der Waals surface area contributed by atoms with Gasteiger partial charge in [-0.05, 0) is 35.7 Å². The van der Waals surface area contributed by atoms with Crippen LogP contribution in [-0.2, 0) is 0 Å². The molecule has 1 aliphatic rings. The molecule has 0 unspecified atom stereocenters. The van der Waals surface area contributed by atoms with Gasteiger partial charge in [0, 0.05) is 5.92 Å². The molecule has 2 heteroatoms. The number of hydrogen-bond acceptors (Lipinski definition) is 2. The van der Waals surface area contributed by atoms with Crippen molar-refractivity contribution in [2.75, 3.05) is 13.2 Å². The molecule has 0 saturated heterocycles. The highest BCUT2D eigenvalue weighted by Gasteiger charge is 2.20. The Bertz CT molecular complexity index is 536. The van der Waals surface area contributed by atoms with Gasteiger partial charge in [-0.2, -0.15) is 0 Å². The van der Waals surface area contributed by atoms with Gasteiger partial charge in [-0.1, -0.05) is 42.5 Å². The predicted molar refractivity (Wildman–Crippen MR) is 73.8 cm³/mol. The third-order valence-electron chi connectivity index (χ3n) is 3.57. The first kappa shape index (κ1) is 11.3. The molecule has 1 heterocycles. The molecule has 0 amide bonds. The number of nitrogens with two attached hydrogens (primary N) is 1. The van der Waals surface area contributed by atoms with E-state index in [9.17, 15) is 0 Å². The Labute approximate surface area is 107 Å². The maximum atomic E-state index is 5.81. The Morgan fingerprint density at radius 3 is 2.67 bits per heavy atom. The molecule has 0 saturated carbocycles. The molecular formula is C16H17NO. The lowest BCUT2D eigenvalue weighted by molar-refractivity contribution is 0.269. The summed E-state index contributed by atoms with van der Waals surface area (Å²) in [5.41, 5.74) is 9.49. The summed E-state index contributed by atoms with van der Waals surface area (Å²) in [7, 11) is 0. The van der Waals surface area contributed by atoms with Gasteiger partial charge in [-0.25, -0.2) is 0 Å². The van der Waals surface area contributed by atoms with Crippen molar-refractivity contribution in [1.82, 2.24) is 0 Å². The van der Waals surface area contributed by atoms with E-state index < -0.39 is 0 Å². The molecule has 0 fully saturated rings. The van der Waals surface area contributed by atoms with E-state index in [1.807, 2.05) is 6.07 Å². The molecular weight excluding hydrogens is 222 g/mol. The summed E-state index contributed by atoms with van der Waals surface area (Å²) in [6.07, 6.45) is 1.02. The lowest BCUT2D eigenvalue weighted by Crippen LogP contribution is -2.20. The van der Waals surface area contributed by atoms with E-state index in [-0.39, 0.29) is 0 Å². The molecule has 2 aromatic carbocycles. The van der Waals surface area contributed by atoms with Crippen LogP contribution in [0.1, 0.15) is 17.9 Å². The molecule has 0 radical (unpaired) electrons. The second-order valence-electron chi connectivity index (χ2n) is 4.69. The maximum Gasteiger partial charge on any atom is 0.123 e. The molecule has 1 aliphatic heterocycles. The second kappa shape index (κ2) is 4.83. The molecule has 3 rings (SSSR count). The second-order valence-corrected chi connectivity index (χ2v) is 4.69. The summed E-state index contributed by atoms with van der Waals surface area (Å²) in [6.45, 7) is 1.47. The number of hydrogen-bond donors (Lipinski definition) is 1. The van der Waals surface area contributed by atoms with Crippen LogP contribution in [0.4, 0.5) is 0 Å². The molecule has 92 valence electrons. The highest BCUT2D eigenvalue weighted by molar-refractivity contribution is 5.66. The van der Waals surface area contributed by atoms with Gasteiger partial charge in [0.15, 0.2) is 0 Å². The molecule has 18 heavy (non-hydrogen) atoms. The standard InChI is InChI=1S/C16H17NO/c17-11-14-8-9-18-16-10-13(6-7-15(14)16)12-4-2-1-3-5-12/h1-7,10,14H,8-9,11,17H2/t14-/m0/s1. The minimum atomic E-state index is 0.443. The van der Waals surface area contributed by atoms with Crippen molar-refractivity contribution < 1.29 is 4.74 Å². The average molecular weight is 239 g/mol. The van der Waals surface area contributed by atoms with E-state index in [1.54, 1.807) is 0 Å². The normalized spacial score (nSPS) is 17.9. The fraction of sp³-hybridized carbons (Fsp3) is 0.250. The van der Waals surface area contributed by atoms with Gasteiger partial charge in [-0.3, -0.25) is 0 Å². The van der Waals surface area contributed by atoms with Gasteiger partial charge >= 0.3 is 0 Å². The SMILES string of the molecule is NC[C@@H]1CCOc2cc(-c3ccccc3)ccc21. The largest absolute Gasteiger partial charge is 0.493 e. The Morgan fingerprint density at radius 1 is 1.06 bits per heavy atom. The predicted octanol–water partition coefficient (Wildman–Crippen LogP) is 3.18. The van der Waals surface area contributed by atoms with Crippen molar-refractivity contribution in [3.05, 3.63) is 54.1 Å². The number of ether oxygens (including phenoxy) is 1. The summed E-state index contributed by atoms with van der Waals surface area (Å²) < 4.78 is 5.76. The lowest BCUT2D eigenvalue weighted by atomic mass is 9.91. The minimum absolute atomic E-state index is 0.443. The summed E-state index contributed by atoms with van der Waals surface area (Å²) >= 11 is 0. The summed E-state index contributed by atoms with van der Waals surface area (Å²) in [5.74, 6) is 1.44. The zero-order chi connectivity index (χ0) is 12.4. The Kier molecular flexibility index (Phi) is 3.03. The van der Waals surface area contributed by atoms with Gasteiger partial charge in [0.2, 0.25) is 0 Å². The highest BCUT2D eigenvalue weighted by atomic mass is 16.5. The van der Waals surface area contributed by atoms with Crippen molar-refractivity contribution in [1.29, 1.82) is 0 Å². The van der Waals surface area contributed by atoms with Crippen LogP contribution in [-0.4, -0.2) is 13.2 Å². The Morgan fingerprint density at radius 2 is 1.89 bits per heavy atom. The Hall–Kier alpha value is -1.80. The van der Waals surface area contributed by atoms with Crippen LogP contribution in [0.3, 0.4) is 0 Å². The van der Waals surface area contributed by atoms with Crippen LogP contribution in [0.25, 0.3) is 11.1 Å². The van der Waals surface area contributed by atoms with Crippen LogP contribution in [0.2, 0.25) is 0 Å². The first-order valence-corrected chi connectivity index (χ1v) is 6.40. The quantitative estimate of drug-likeness (QED) is 0.873. The topological polar surface area (TPSA) is 35.2 Å². The van der Waals surface area contributed by atoms with E-state index in [2.05, 4.69) is 42.5 Å².